The molecule has 0 aliphatic rings. The molecular weight excluding hydrogens is 580 g/mol. The first kappa shape index (κ1) is 31.6. The van der Waals surface area contributed by atoms with Gasteiger partial charge >= 0.3 is 12.4 Å². The number of hydrogen-bond donors (Lipinski definition) is 3. The second-order valence-electron chi connectivity index (χ2n) is 8.73. The molecule has 0 radical (unpaired) electrons. The van der Waals surface area contributed by atoms with Crippen molar-refractivity contribution in [1.29, 1.82) is 0 Å². The number of phenols is 1. The highest BCUT2D eigenvalue weighted by molar-refractivity contribution is 6.07. The van der Waals surface area contributed by atoms with Crippen molar-refractivity contribution in [2.75, 3.05) is 5.32 Å². The lowest BCUT2D eigenvalue weighted by Crippen LogP contribution is -2.22. The smallest absolute Gasteiger partial charge is 0.417 e. The Kier molecular flexibility index (Phi) is 9.29. The average molecular weight is 600 g/mol. The molecule has 0 spiro atoms. The number of carbonyl (C=O) groups excluding carboxylic acids is 1. The van der Waals surface area contributed by atoms with E-state index in [1.807, 2.05) is 5.32 Å². The van der Waals surface area contributed by atoms with Crippen molar-refractivity contribution in [3.05, 3.63) is 117 Å². The summed E-state index contributed by atoms with van der Waals surface area (Å²) in [5.41, 5.74) is -5.14. The van der Waals surface area contributed by atoms with Crippen molar-refractivity contribution < 1.29 is 49.8 Å². The molecule has 4 aromatic rings. The number of aromatic amines is 1. The second kappa shape index (κ2) is 12.3. The van der Waals surface area contributed by atoms with Crippen molar-refractivity contribution in [1.82, 2.24) is 4.98 Å². The number of amides is 1. The van der Waals surface area contributed by atoms with E-state index in [4.69, 9.17) is 9.84 Å². The number of H-pyrrole nitrogens is 1. The van der Waals surface area contributed by atoms with Gasteiger partial charge in [0.2, 0.25) is 5.56 Å². The Balaban J connectivity index is 0.000000458. The fourth-order valence-electron chi connectivity index (χ4n) is 3.50. The van der Waals surface area contributed by atoms with Crippen LogP contribution in [0.4, 0.5) is 40.8 Å². The molecule has 3 N–H and O–H groups in total. The average Bonchev–Trinajstić information content (AvgIpc) is 2.87. The summed E-state index contributed by atoms with van der Waals surface area (Å²) >= 11 is 0. The van der Waals surface area contributed by atoms with Crippen LogP contribution in [0.25, 0.3) is 0 Å². The third-order valence-corrected chi connectivity index (χ3v) is 5.51. The van der Waals surface area contributed by atoms with Crippen LogP contribution in [0.15, 0.2) is 71.7 Å². The Morgan fingerprint density at radius 2 is 1.43 bits per heavy atom. The molecule has 1 amide bonds. The number of ether oxygens (including phenoxy) is 1. The number of nitrogens with one attached hydrogen (secondary N) is 2. The quantitative estimate of drug-likeness (QED) is 0.209. The molecule has 0 atom stereocenters. The molecular formula is C28H20F8N2O4. The largest absolute Gasteiger partial charge is 0.508 e. The van der Waals surface area contributed by atoms with Gasteiger partial charge < -0.3 is 20.1 Å². The molecule has 0 fully saturated rings. The molecule has 0 aliphatic carbocycles. The molecule has 0 aliphatic heterocycles. The fourth-order valence-corrected chi connectivity index (χ4v) is 3.50. The van der Waals surface area contributed by atoms with E-state index in [1.54, 1.807) is 6.92 Å². The van der Waals surface area contributed by atoms with Crippen LogP contribution in [-0.4, -0.2) is 16.0 Å². The Hall–Kier alpha value is -4.88. The van der Waals surface area contributed by atoms with Gasteiger partial charge in [0.1, 0.15) is 28.9 Å². The van der Waals surface area contributed by atoms with Gasteiger partial charge in [0.25, 0.3) is 5.91 Å². The fraction of sp³-hybridized carbons (Fsp3) is 0.143. The summed E-state index contributed by atoms with van der Waals surface area (Å²) in [6.45, 7) is 2.96. The number of carbonyl (C=O) groups is 1. The van der Waals surface area contributed by atoms with Crippen LogP contribution in [0.2, 0.25) is 0 Å². The predicted molar refractivity (Wildman–Crippen MR) is 135 cm³/mol. The number of aromatic nitrogens is 1. The zero-order chi connectivity index (χ0) is 31.4. The monoisotopic (exact) mass is 600 g/mol. The summed E-state index contributed by atoms with van der Waals surface area (Å²) in [6, 6.07) is 8.72. The lowest BCUT2D eigenvalue weighted by molar-refractivity contribution is -0.143. The molecule has 0 saturated heterocycles. The highest BCUT2D eigenvalue weighted by atomic mass is 19.4. The summed E-state index contributed by atoms with van der Waals surface area (Å²) in [5.74, 6) is -3.70. The number of alkyl halides is 6. The van der Waals surface area contributed by atoms with Crippen LogP contribution >= 0.6 is 0 Å². The first-order valence-electron chi connectivity index (χ1n) is 11.7. The number of halogens is 8. The summed E-state index contributed by atoms with van der Waals surface area (Å²) in [6.07, 6.45) is -9.47. The van der Waals surface area contributed by atoms with Crippen molar-refractivity contribution >= 4 is 11.6 Å². The standard InChI is InChI=1S/C21H13F7N2O3.C7H7FO/c1-10-6-12(22)2-3-15(10)33-16-8-11(20(23,24)25)7-14(21(26,27)28)18(16)19(32)30-13-4-5-29-17(31)9-13;1-5-4-6(8)2-3-7(5)9/h2-9H,1H3,(H2,29,30,31,32);2-4,9H,1H3. The van der Waals surface area contributed by atoms with Gasteiger partial charge in [-0.15, -0.1) is 0 Å². The Bertz CT molecular complexity index is 1660. The topological polar surface area (TPSA) is 91.4 Å². The maximum atomic E-state index is 13.7. The highest BCUT2D eigenvalue weighted by Crippen LogP contribution is 2.43. The molecule has 222 valence electrons. The van der Waals surface area contributed by atoms with Gasteiger partial charge in [0, 0.05) is 18.0 Å². The molecule has 3 aromatic carbocycles. The molecule has 0 bridgehead atoms. The number of pyridine rings is 1. The molecule has 0 saturated carbocycles. The van der Waals surface area contributed by atoms with E-state index >= 15 is 0 Å². The van der Waals surface area contributed by atoms with Gasteiger partial charge in [-0.05, 0) is 79.6 Å². The maximum absolute atomic E-state index is 13.7. The van der Waals surface area contributed by atoms with Gasteiger partial charge in [-0.2, -0.15) is 26.3 Å². The van der Waals surface area contributed by atoms with Crippen LogP contribution in [0.3, 0.4) is 0 Å². The van der Waals surface area contributed by atoms with E-state index in [0.29, 0.717) is 5.56 Å². The van der Waals surface area contributed by atoms with Gasteiger partial charge in [-0.3, -0.25) is 9.59 Å². The van der Waals surface area contributed by atoms with Crippen LogP contribution in [0, 0.1) is 25.5 Å². The van der Waals surface area contributed by atoms with Gasteiger partial charge in [-0.25, -0.2) is 8.78 Å². The van der Waals surface area contributed by atoms with E-state index in [2.05, 4.69) is 4.98 Å². The zero-order valence-corrected chi connectivity index (χ0v) is 21.5. The Labute approximate surface area is 232 Å². The lowest BCUT2D eigenvalue weighted by atomic mass is 10.0. The highest BCUT2D eigenvalue weighted by Gasteiger charge is 2.42. The molecule has 1 aromatic heterocycles. The van der Waals surface area contributed by atoms with Crippen LogP contribution in [0.1, 0.15) is 32.6 Å². The molecule has 1 heterocycles. The number of benzene rings is 3. The minimum Gasteiger partial charge on any atom is -0.508 e. The number of aryl methyl sites for hydroxylation is 2. The minimum absolute atomic E-state index is 0.0573. The third-order valence-electron chi connectivity index (χ3n) is 5.51. The van der Waals surface area contributed by atoms with Gasteiger partial charge in [0.05, 0.1) is 16.7 Å². The molecule has 6 nitrogen and oxygen atoms in total. The van der Waals surface area contributed by atoms with Gasteiger partial charge in [-0.1, -0.05) is 0 Å². The van der Waals surface area contributed by atoms with Crippen molar-refractivity contribution in [3.8, 4) is 17.2 Å². The summed E-state index contributed by atoms with van der Waals surface area (Å²) in [4.78, 5) is 26.4. The first-order valence-corrected chi connectivity index (χ1v) is 11.7. The number of aromatic hydroxyl groups is 1. The zero-order valence-electron chi connectivity index (χ0n) is 21.5. The third kappa shape index (κ3) is 8.08. The molecule has 42 heavy (non-hydrogen) atoms. The van der Waals surface area contributed by atoms with E-state index in [-0.39, 0.29) is 40.7 Å². The predicted octanol–water partition coefficient (Wildman–Crippen LogP) is 7.74. The van der Waals surface area contributed by atoms with E-state index in [1.165, 1.54) is 25.1 Å². The van der Waals surface area contributed by atoms with E-state index in [9.17, 15) is 44.7 Å². The Morgan fingerprint density at radius 1 is 0.810 bits per heavy atom. The van der Waals surface area contributed by atoms with E-state index in [0.717, 1.165) is 36.5 Å². The molecule has 14 heteroatoms. The number of anilines is 1. The van der Waals surface area contributed by atoms with Crippen molar-refractivity contribution in [2.24, 2.45) is 0 Å². The number of rotatable bonds is 4. The number of hydrogen-bond acceptors (Lipinski definition) is 4. The first-order chi connectivity index (χ1) is 19.5. The van der Waals surface area contributed by atoms with Gasteiger partial charge in [0.15, 0.2) is 0 Å². The van der Waals surface area contributed by atoms with E-state index < -0.39 is 52.1 Å². The minimum atomic E-state index is -5.38. The van der Waals surface area contributed by atoms with Crippen molar-refractivity contribution in [3.63, 3.8) is 0 Å². The Morgan fingerprint density at radius 3 is 1.95 bits per heavy atom. The maximum Gasteiger partial charge on any atom is 0.417 e. The summed E-state index contributed by atoms with van der Waals surface area (Å²) in [7, 11) is 0. The van der Waals surface area contributed by atoms with Crippen LogP contribution < -0.4 is 15.6 Å². The SMILES string of the molecule is Cc1cc(F)ccc1O.Cc1cc(F)ccc1Oc1cc(C(F)(F)F)cc(C(F)(F)F)c1C(=O)Nc1cc[nH]c(=O)c1. The second-order valence-corrected chi connectivity index (χ2v) is 8.73. The normalized spacial score (nSPS) is 11.4. The molecule has 0 unspecified atom stereocenters. The van der Waals surface area contributed by atoms with Crippen molar-refractivity contribution in [2.45, 2.75) is 26.2 Å². The van der Waals surface area contributed by atoms with Crippen LogP contribution in [-0.2, 0) is 12.4 Å². The molecule has 4 rings (SSSR count). The summed E-state index contributed by atoms with van der Waals surface area (Å²) in [5, 5.41) is 10.9. The van der Waals surface area contributed by atoms with Crippen LogP contribution in [0.5, 0.6) is 17.2 Å². The summed E-state index contributed by atoms with van der Waals surface area (Å²) < 4.78 is 112. The lowest BCUT2D eigenvalue weighted by Gasteiger charge is -2.20. The number of phenolic OH excluding ortho intramolecular Hbond substituents is 1.